The summed E-state index contributed by atoms with van der Waals surface area (Å²) in [7, 11) is -2.97. The van der Waals surface area contributed by atoms with E-state index in [0.717, 1.165) is 11.1 Å². The number of carboxylic acid groups (broad SMARTS) is 1. The van der Waals surface area contributed by atoms with Crippen LogP contribution in [0.25, 0.3) is 0 Å². The van der Waals surface area contributed by atoms with Crippen LogP contribution in [0, 0.1) is 13.8 Å². The van der Waals surface area contributed by atoms with Crippen LogP contribution in [0.3, 0.4) is 0 Å². The number of nitrogens with zero attached hydrogens (tertiary/aromatic N) is 1. The fourth-order valence-electron chi connectivity index (χ4n) is 2.48. The molecular weight excluding hydrogens is 266 g/mol. The number of benzene rings is 1. The van der Waals surface area contributed by atoms with Crippen molar-refractivity contribution in [3.63, 3.8) is 0 Å². The summed E-state index contributed by atoms with van der Waals surface area (Å²) in [5, 5.41) is 9.30. The van der Waals surface area contributed by atoms with Crippen molar-refractivity contribution < 1.29 is 18.3 Å². The molecule has 1 heterocycles. The number of carbonyl (C=O) groups is 1. The van der Waals surface area contributed by atoms with Crippen molar-refractivity contribution in [1.29, 1.82) is 0 Å². The van der Waals surface area contributed by atoms with Gasteiger partial charge in [0, 0.05) is 13.1 Å². The van der Waals surface area contributed by atoms with E-state index < -0.39 is 15.8 Å². The van der Waals surface area contributed by atoms with E-state index in [2.05, 4.69) is 0 Å². The number of aromatic carboxylic acids is 1. The summed E-state index contributed by atoms with van der Waals surface area (Å²) in [5.41, 5.74) is 2.66. The second-order valence-electron chi connectivity index (χ2n) is 4.92. The van der Waals surface area contributed by atoms with Crippen LogP contribution in [0.1, 0.15) is 21.5 Å². The first-order valence-electron chi connectivity index (χ1n) is 6.10. The van der Waals surface area contributed by atoms with Crippen LogP contribution in [0.15, 0.2) is 12.1 Å². The van der Waals surface area contributed by atoms with E-state index in [0.29, 0.717) is 18.8 Å². The number of sulfone groups is 1. The van der Waals surface area contributed by atoms with E-state index in [1.807, 2.05) is 24.8 Å². The SMILES string of the molecule is Cc1cc(C)c(N2CCS(=O)(=O)CC2)c(C(=O)O)c1. The van der Waals surface area contributed by atoms with Crippen LogP contribution in [-0.2, 0) is 9.84 Å². The van der Waals surface area contributed by atoms with Crippen LogP contribution in [-0.4, -0.2) is 44.1 Å². The Morgan fingerprint density at radius 2 is 1.79 bits per heavy atom. The van der Waals surface area contributed by atoms with E-state index in [-0.39, 0.29) is 17.1 Å². The summed E-state index contributed by atoms with van der Waals surface area (Å²) in [6, 6.07) is 3.55. The van der Waals surface area contributed by atoms with Crippen molar-refractivity contribution in [2.45, 2.75) is 13.8 Å². The monoisotopic (exact) mass is 283 g/mol. The minimum absolute atomic E-state index is 0.0827. The minimum atomic E-state index is -2.97. The first-order chi connectivity index (χ1) is 8.80. The Morgan fingerprint density at radius 1 is 1.21 bits per heavy atom. The number of hydrogen-bond acceptors (Lipinski definition) is 4. The van der Waals surface area contributed by atoms with Gasteiger partial charge in [0.2, 0.25) is 0 Å². The quantitative estimate of drug-likeness (QED) is 0.883. The van der Waals surface area contributed by atoms with Crippen LogP contribution in [0.5, 0.6) is 0 Å². The van der Waals surface area contributed by atoms with Gasteiger partial charge in [-0.05, 0) is 31.0 Å². The fraction of sp³-hybridized carbons (Fsp3) is 0.462. The summed E-state index contributed by atoms with van der Waals surface area (Å²) < 4.78 is 22.9. The van der Waals surface area contributed by atoms with Crippen molar-refractivity contribution in [1.82, 2.24) is 0 Å². The van der Waals surface area contributed by atoms with Crippen molar-refractivity contribution in [3.05, 3.63) is 28.8 Å². The highest BCUT2D eigenvalue weighted by atomic mass is 32.2. The minimum Gasteiger partial charge on any atom is -0.478 e. The highest BCUT2D eigenvalue weighted by molar-refractivity contribution is 7.91. The third-order valence-electron chi connectivity index (χ3n) is 3.34. The molecule has 0 radical (unpaired) electrons. The molecule has 1 N–H and O–H groups in total. The number of rotatable bonds is 2. The normalized spacial score (nSPS) is 18.3. The molecule has 1 aromatic carbocycles. The van der Waals surface area contributed by atoms with Crippen LogP contribution >= 0.6 is 0 Å². The predicted molar refractivity (Wildman–Crippen MR) is 73.7 cm³/mol. The van der Waals surface area contributed by atoms with E-state index in [9.17, 15) is 18.3 Å². The van der Waals surface area contributed by atoms with Gasteiger partial charge in [0.05, 0.1) is 22.8 Å². The number of hydrogen-bond donors (Lipinski definition) is 1. The van der Waals surface area contributed by atoms with Gasteiger partial charge < -0.3 is 10.0 Å². The van der Waals surface area contributed by atoms with Gasteiger partial charge in [0.15, 0.2) is 9.84 Å². The summed E-state index contributed by atoms with van der Waals surface area (Å²) in [5.74, 6) is -0.811. The van der Waals surface area contributed by atoms with Crippen molar-refractivity contribution in [3.8, 4) is 0 Å². The van der Waals surface area contributed by atoms with E-state index in [1.54, 1.807) is 6.07 Å². The molecule has 1 aliphatic heterocycles. The Balaban J connectivity index is 2.42. The molecule has 0 amide bonds. The number of carboxylic acids is 1. The Bertz CT molecular complexity index is 608. The van der Waals surface area contributed by atoms with Crippen molar-refractivity contribution >= 4 is 21.5 Å². The first kappa shape index (κ1) is 13.9. The average Bonchev–Trinajstić information content (AvgIpc) is 2.29. The zero-order valence-electron chi connectivity index (χ0n) is 11.0. The second-order valence-corrected chi connectivity index (χ2v) is 7.23. The molecule has 0 aromatic heterocycles. The maximum atomic E-state index is 11.4. The molecule has 1 fully saturated rings. The van der Waals surface area contributed by atoms with E-state index >= 15 is 0 Å². The number of aryl methyl sites for hydroxylation is 2. The van der Waals surface area contributed by atoms with Gasteiger partial charge in [-0.3, -0.25) is 0 Å². The lowest BCUT2D eigenvalue weighted by Crippen LogP contribution is -2.41. The molecule has 0 saturated carbocycles. The molecular formula is C13H17NO4S. The third kappa shape index (κ3) is 2.89. The van der Waals surface area contributed by atoms with Gasteiger partial charge in [-0.25, -0.2) is 13.2 Å². The van der Waals surface area contributed by atoms with Gasteiger partial charge in [0.1, 0.15) is 0 Å². The van der Waals surface area contributed by atoms with Crippen LogP contribution in [0.2, 0.25) is 0 Å². The summed E-state index contributed by atoms with van der Waals surface area (Å²) in [6.07, 6.45) is 0. The van der Waals surface area contributed by atoms with Gasteiger partial charge >= 0.3 is 5.97 Å². The van der Waals surface area contributed by atoms with Crippen molar-refractivity contribution in [2.75, 3.05) is 29.5 Å². The smallest absolute Gasteiger partial charge is 0.337 e. The molecule has 6 heteroatoms. The van der Waals surface area contributed by atoms with Gasteiger partial charge in [0.25, 0.3) is 0 Å². The summed E-state index contributed by atoms with van der Waals surface area (Å²) >= 11 is 0. The summed E-state index contributed by atoms with van der Waals surface area (Å²) in [4.78, 5) is 13.2. The molecule has 0 unspecified atom stereocenters. The highest BCUT2D eigenvalue weighted by Gasteiger charge is 2.26. The van der Waals surface area contributed by atoms with Gasteiger partial charge in [-0.2, -0.15) is 0 Å². The van der Waals surface area contributed by atoms with E-state index in [1.165, 1.54) is 0 Å². The molecule has 5 nitrogen and oxygen atoms in total. The van der Waals surface area contributed by atoms with Crippen molar-refractivity contribution in [2.24, 2.45) is 0 Å². The number of anilines is 1. The molecule has 19 heavy (non-hydrogen) atoms. The molecule has 0 aliphatic carbocycles. The van der Waals surface area contributed by atoms with Crippen LogP contribution < -0.4 is 4.90 Å². The Morgan fingerprint density at radius 3 is 2.32 bits per heavy atom. The Labute approximate surface area is 112 Å². The Kier molecular flexibility index (Phi) is 3.54. The zero-order valence-corrected chi connectivity index (χ0v) is 11.8. The van der Waals surface area contributed by atoms with Gasteiger partial charge in [-0.1, -0.05) is 6.07 Å². The molecule has 1 saturated heterocycles. The third-order valence-corrected chi connectivity index (χ3v) is 4.95. The predicted octanol–water partition coefficient (Wildman–Crippen LogP) is 1.24. The summed E-state index contributed by atoms with van der Waals surface area (Å²) in [6.45, 7) is 4.42. The molecule has 2 rings (SSSR count). The zero-order chi connectivity index (χ0) is 14.2. The topological polar surface area (TPSA) is 74.7 Å². The van der Waals surface area contributed by atoms with Gasteiger partial charge in [-0.15, -0.1) is 0 Å². The largest absolute Gasteiger partial charge is 0.478 e. The second kappa shape index (κ2) is 4.85. The maximum absolute atomic E-state index is 11.4. The highest BCUT2D eigenvalue weighted by Crippen LogP contribution is 2.28. The fourth-order valence-corrected chi connectivity index (χ4v) is 3.68. The molecule has 1 aromatic rings. The lowest BCUT2D eigenvalue weighted by atomic mass is 10.0. The molecule has 104 valence electrons. The molecule has 0 bridgehead atoms. The van der Waals surface area contributed by atoms with E-state index in [4.69, 9.17) is 0 Å². The Hall–Kier alpha value is -1.56. The lowest BCUT2D eigenvalue weighted by molar-refractivity contribution is 0.0697. The molecule has 0 spiro atoms. The standard InChI is InChI=1S/C13H17NO4S/c1-9-7-10(2)12(11(8-9)13(15)16)14-3-5-19(17,18)6-4-14/h7-8H,3-6H2,1-2H3,(H,15,16). The maximum Gasteiger partial charge on any atom is 0.337 e. The molecule has 1 aliphatic rings. The molecule has 0 atom stereocenters. The average molecular weight is 283 g/mol. The lowest BCUT2D eigenvalue weighted by Gasteiger charge is -2.31. The van der Waals surface area contributed by atoms with Crippen LogP contribution in [0.4, 0.5) is 5.69 Å². The first-order valence-corrected chi connectivity index (χ1v) is 7.92.